The molecule has 0 bridgehead atoms. The quantitative estimate of drug-likeness (QED) is 0.308. The molecule has 8 nitrogen and oxygen atoms in total. The molecule has 1 unspecified atom stereocenters. The maximum Gasteiger partial charge on any atom is 0.331 e. The van der Waals surface area contributed by atoms with Crippen LogP contribution in [-0.4, -0.2) is 45.9 Å². The van der Waals surface area contributed by atoms with E-state index >= 15 is 0 Å². The van der Waals surface area contributed by atoms with Gasteiger partial charge in [0.25, 0.3) is 0 Å². The van der Waals surface area contributed by atoms with Crippen LogP contribution in [0.25, 0.3) is 44.3 Å². The summed E-state index contributed by atoms with van der Waals surface area (Å²) < 4.78 is 1.75. The summed E-state index contributed by atoms with van der Waals surface area (Å²) in [6, 6.07) is 18.4. The molecule has 0 spiro atoms. The second-order valence-electron chi connectivity index (χ2n) is 9.59. The molecule has 0 amide bonds. The summed E-state index contributed by atoms with van der Waals surface area (Å²) in [4.78, 5) is 29.3. The summed E-state index contributed by atoms with van der Waals surface area (Å²) in [5.41, 5.74) is 13.4. The summed E-state index contributed by atoms with van der Waals surface area (Å²) >= 11 is 0. The van der Waals surface area contributed by atoms with Crippen LogP contribution in [0.2, 0.25) is 0 Å². The van der Waals surface area contributed by atoms with Gasteiger partial charge in [-0.15, -0.1) is 0 Å². The molecule has 8 heteroatoms. The molecule has 4 N–H and O–H groups in total. The smallest absolute Gasteiger partial charge is 0.331 e. The molecule has 38 heavy (non-hydrogen) atoms. The molecule has 1 saturated heterocycles. The zero-order chi connectivity index (χ0) is 26.1. The zero-order valence-electron chi connectivity index (χ0n) is 21.2. The lowest BCUT2D eigenvalue weighted by molar-refractivity contribution is 0.461. The van der Waals surface area contributed by atoms with E-state index in [2.05, 4.69) is 43.5 Å². The number of aromatic nitrogens is 4. The van der Waals surface area contributed by atoms with Crippen LogP contribution in [-0.2, 0) is 0 Å². The summed E-state index contributed by atoms with van der Waals surface area (Å²) in [5, 5.41) is 4.37. The van der Waals surface area contributed by atoms with Gasteiger partial charge in [-0.25, -0.2) is 4.79 Å². The number of benzene rings is 2. The number of aromatic amines is 1. The third-order valence-corrected chi connectivity index (χ3v) is 7.27. The standard InChI is InChI=1S/C30H29N7O/c1-32-15-23(14-31)26-10-7-22(17-34-26)20-6-11-27-25(13-20)29-28(18-35-27)36-30(38)37(29)24-8-4-19(5-9-24)21-3-2-12-33-16-21/h4-11,13-15,17-18,21,33H,2-3,12,16,31H2,1H3,(H,36,38). The van der Waals surface area contributed by atoms with Crippen molar-refractivity contribution < 1.29 is 0 Å². The van der Waals surface area contributed by atoms with E-state index in [1.807, 2.05) is 42.6 Å². The van der Waals surface area contributed by atoms with Gasteiger partial charge in [-0.2, -0.15) is 0 Å². The van der Waals surface area contributed by atoms with Crippen LogP contribution in [0.5, 0.6) is 0 Å². The second kappa shape index (κ2) is 10.1. The first kappa shape index (κ1) is 23.8. The minimum atomic E-state index is -0.184. The van der Waals surface area contributed by atoms with Crippen molar-refractivity contribution in [1.82, 2.24) is 24.8 Å². The number of fused-ring (bicyclic) bond motifs is 3. The average molecular weight is 504 g/mol. The Bertz CT molecular complexity index is 1720. The number of nitrogens with one attached hydrogen (secondary N) is 2. The van der Waals surface area contributed by atoms with Crippen LogP contribution >= 0.6 is 0 Å². The van der Waals surface area contributed by atoms with E-state index < -0.39 is 0 Å². The SMILES string of the molecule is CN=CC(=CN)c1ccc(-c2ccc3ncc4[nH]c(=O)n(-c5ccc(C6CCCNC6)cc5)c4c3c2)cn1. The minimum Gasteiger partial charge on any atom is -0.404 e. The number of nitrogens with zero attached hydrogens (tertiary/aromatic N) is 4. The van der Waals surface area contributed by atoms with Gasteiger partial charge in [0.2, 0.25) is 0 Å². The average Bonchev–Trinajstić information content (AvgIpc) is 3.32. The predicted octanol–water partition coefficient (Wildman–Crippen LogP) is 4.40. The molecule has 0 saturated carbocycles. The van der Waals surface area contributed by atoms with Gasteiger partial charge in [-0.1, -0.05) is 24.3 Å². The maximum atomic E-state index is 13.1. The molecule has 4 heterocycles. The highest BCUT2D eigenvalue weighted by Gasteiger charge is 2.17. The van der Waals surface area contributed by atoms with Crippen molar-refractivity contribution in [2.24, 2.45) is 10.7 Å². The third-order valence-electron chi connectivity index (χ3n) is 7.27. The lowest BCUT2D eigenvalue weighted by atomic mass is 9.91. The third kappa shape index (κ3) is 4.29. The molecule has 3 aromatic heterocycles. The normalized spacial score (nSPS) is 16.6. The van der Waals surface area contributed by atoms with Gasteiger partial charge in [-0.3, -0.25) is 19.5 Å². The topological polar surface area (TPSA) is 114 Å². The number of pyridine rings is 2. The Hall–Kier alpha value is -4.56. The first-order chi connectivity index (χ1) is 18.7. The van der Waals surface area contributed by atoms with E-state index in [0.717, 1.165) is 57.6 Å². The first-order valence-electron chi connectivity index (χ1n) is 12.8. The number of H-pyrrole nitrogens is 1. The molecule has 1 fully saturated rings. The van der Waals surface area contributed by atoms with Crippen molar-refractivity contribution in [3.8, 4) is 16.8 Å². The number of hydrogen-bond donors (Lipinski definition) is 3. The lowest BCUT2D eigenvalue weighted by Gasteiger charge is -2.23. The van der Waals surface area contributed by atoms with E-state index in [1.165, 1.54) is 24.6 Å². The van der Waals surface area contributed by atoms with Gasteiger partial charge in [0.15, 0.2) is 0 Å². The van der Waals surface area contributed by atoms with Crippen LogP contribution in [0.3, 0.4) is 0 Å². The number of hydrogen-bond acceptors (Lipinski definition) is 6. The first-order valence-corrected chi connectivity index (χ1v) is 12.8. The van der Waals surface area contributed by atoms with E-state index in [1.54, 1.807) is 24.0 Å². The molecule has 0 radical (unpaired) electrons. The van der Waals surface area contributed by atoms with E-state index in [-0.39, 0.29) is 5.69 Å². The van der Waals surface area contributed by atoms with Gasteiger partial charge in [0.05, 0.1) is 34.1 Å². The Balaban J connectivity index is 1.43. The van der Waals surface area contributed by atoms with Crippen LogP contribution in [0.15, 0.2) is 83.0 Å². The summed E-state index contributed by atoms with van der Waals surface area (Å²) in [7, 11) is 1.70. The summed E-state index contributed by atoms with van der Waals surface area (Å²) in [5.74, 6) is 0.510. The van der Waals surface area contributed by atoms with Crippen molar-refractivity contribution in [3.63, 3.8) is 0 Å². The zero-order valence-corrected chi connectivity index (χ0v) is 21.2. The predicted molar refractivity (Wildman–Crippen MR) is 154 cm³/mol. The van der Waals surface area contributed by atoms with Gasteiger partial charge in [0, 0.05) is 48.7 Å². The Morgan fingerprint density at radius 1 is 1.08 bits per heavy atom. The number of nitrogens with two attached hydrogens (primary N) is 1. The maximum absolute atomic E-state index is 13.1. The molecule has 1 aliphatic rings. The van der Waals surface area contributed by atoms with E-state index in [4.69, 9.17) is 5.73 Å². The number of piperidine rings is 1. The van der Waals surface area contributed by atoms with E-state index in [9.17, 15) is 4.79 Å². The second-order valence-corrected chi connectivity index (χ2v) is 9.59. The van der Waals surface area contributed by atoms with Crippen molar-refractivity contribution in [1.29, 1.82) is 0 Å². The highest BCUT2D eigenvalue weighted by atomic mass is 16.1. The number of allylic oxidation sites excluding steroid dienone is 1. The highest BCUT2D eigenvalue weighted by Crippen LogP contribution is 2.30. The number of rotatable bonds is 5. The number of aliphatic imine (C=N–C) groups is 1. The molecule has 1 atom stereocenters. The molecule has 0 aliphatic carbocycles. The molecule has 6 rings (SSSR count). The minimum absolute atomic E-state index is 0.184. The largest absolute Gasteiger partial charge is 0.404 e. The molecular weight excluding hydrogens is 474 g/mol. The fourth-order valence-electron chi connectivity index (χ4n) is 5.31. The fourth-order valence-corrected chi connectivity index (χ4v) is 5.31. The molecule has 5 aromatic rings. The van der Waals surface area contributed by atoms with Crippen molar-refractivity contribution >= 4 is 33.7 Å². The van der Waals surface area contributed by atoms with Gasteiger partial charge in [-0.05, 0) is 66.8 Å². The van der Waals surface area contributed by atoms with Gasteiger partial charge >= 0.3 is 5.69 Å². The summed E-state index contributed by atoms with van der Waals surface area (Å²) in [6.07, 6.45) is 9.10. The van der Waals surface area contributed by atoms with E-state index in [0.29, 0.717) is 11.4 Å². The van der Waals surface area contributed by atoms with Gasteiger partial charge < -0.3 is 16.0 Å². The van der Waals surface area contributed by atoms with Crippen LogP contribution < -0.4 is 16.7 Å². The van der Waals surface area contributed by atoms with Crippen molar-refractivity contribution in [3.05, 3.63) is 94.9 Å². The highest BCUT2D eigenvalue weighted by molar-refractivity contribution is 6.09. The van der Waals surface area contributed by atoms with Crippen molar-refractivity contribution in [2.45, 2.75) is 18.8 Å². The Morgan fingerprint density at radius 2 is 1.92 bits per heavy atom. The van der Waals surface area contributed by atoms with Crippen LogP contribution in [0.1, 0.15) is 30.0 Å². The van der Waals surface area contributed by atoms with Crippen LogP contribution in [0.4, 0.5) is 0 Å². The molecule has 1 aliphatic heterocycles. The Labute approximate surface area is 220 Å². The van der Waals surface area contributed by atoms with Crippen molar-refractivity contribution in [2.75, 3.05) is 20.1 Å². The molecular formula is C30H29N7O. The van der Waals surface area contributed by atoms with Crippen LogP contribution in [0, 0.1) is 0 Å². The van der Waals surface area contributed by atoms with Gasteiger partial charge in [0.1, 0.15) is 0 Å². The Morgan fingerprint density at radius 3 is 2.63 bits per heavy atom. The fraction of sp³-hybridized carbons (Fsp3) is 0.200. The summed E-state index contributed by atoms with van der Waals surface area (Å²) in [6.45, 7) is 2.08. The monoisotopic (exact) mass is 503 g/mol. The lowest BCUT2D eigenvalue weighted by Crippen LogP contribution is -2.28. The Kier molecular flexibility index (Phi) is 6.31. The molecule has 190 valence electrons. The molecule has 2 aromatic carbocycles. The number of imidazole rings is 1.